The van der Waals surface area contributed by atoms with E-state index in [0.29, 0.717) is 0 Å². The number of fused-ring (bicyclic) bond motifs is 6. The van der Waals surface area contributed by atoms with Gasteiger partial charge in [-0.1, -0.05) is 125 Å². The Hall–Kier alpha value is -4.40. The Morgan fingerprint density at radius 3 is 1.67 bits per heavy atom. The van der Waals surface area contributed by atoms with Crippen molar-refractivity contribution in [1.82, 2.24) is 0 Å². The van der Waals surface area contributed by atoms with E-state index in [-0.39, 0.29) is 10.8 Å². The van der Waals surface area contributed by atoms with Crippen molar-refractivity contribution in [1.29, 1.82) is 0 Å². The maximum Gasteiger partial charge on any atom is 0.0431 e. The molecule has 42 heavy (non-hydrogen) atoms. The molecule has 8 rings (SSSR count). The van der Waals surface area contributed by atoms with E-state index in [4.69, 9.17) is 0 Å². The average Bonchev–Trinajstić information content (AvgIpc) is 3.60. The Morgan fingerprint density at radius 1 is 0.476 bits per heavy atom. The van der Waals surface area contributed by atoms with Crippen LogP contribution in [0.1, 0.15) is 49.9 Å². The summed E-state index contributed by atoms with van der Waals surface area (Å²) in [5, 5.41) is 3.78. The molecule has 0 unspecified atom stereocenters. The van der Waals surface area contributed by atoms with Crippen LogP contribution in [-0.2, 0) is 10.8 Å². The highest BCUT2D eigenvalue weighted by molar-refractivity contribution is 7.19. The van der Waals surface area contributed by atoms with Gasteiger partial charge in [0.15, 0.2) is 0 Å². The molecule has 1 aromatic heterocycles. The lowest BCUT2D eigenvalue weighted by molar-refractivity contribution is 0.660. The molecule has 0 radical (unpaired) electrons. The Morgan fingerprint density at radius 2 is 1.00 bits per heavy atom. The molecule has 2 aliphatic rings. The minimum absolute atomic E-state index is 0.0146. The van der Waals surface area contributed by atoms with Gasteiger partial charge in [-0.05, 0) is 74.3 Å². The molecule has 5 aromatic carbocycles. The lowest BCUT2D eigenvalue weighted by atomic mass is 9.81. The third kappa shape index (κ3) is 3.61. The first-order chi connectivity index (χ1) is 20.3. The Labute approximate surface area is 252 Å². The fourth-order valence-electron chi connectivity index (χ4n) is 7.31. The summed E-state index contributed by atoms with van der Waals surface area (Å²) >= 11 is 1.93. The third-order valence-corrected chi connectivity index (χ3v) is 10.7. The number of rotatable bonds is 4. The van der Waals surface area contributed by atoms with E-state index < -0.39 is 0 Å². The van der Waals surface area contributed by atoms with Crippen LogP contribution >= 0.6 is 11.3 Å². The van der Waals surface area contributed by atoms with E-state index in [0.717, 1.165) is 11.4 Å². The fraction of sp³-hybridized carbons (Fsp3) is 0.150. The second-order valence-electron chi connectivity index (χ2n) is 12.7. The van der Waals surface area contributed by atoms with E-state index in [1.54, 1.807) is 0 Å². The minimum atomic E-state index is -0.126. The van der Waals surface area contributed by atoms with Crippen LogP contribution in [0.15, 0.2) is 121 Å². The van der Waals surface area contributed by atoms with Crippen LogP contribution in [0.25, 0.3) is 43.1 Å². The van der Waals surface area contributed by atoms with E-state index in [1.165, 1.54) is 65.4 Å². The molecular formula is C40H33NS. The molecule has 0 aliphatic heterocycles. The largest absolute Gasteiger partial charge is 0.356 e. The molecule has 2 heteroatoms. The number of hydrogen-bond donors (Lipinski definition) is 1. The van der Waals surface area contributed by atoms with Gasteiger partial charge in [-0.2, -0.15) is 0 Å². The van der Waals surface area contributed by atoms with Crippen molar-refractivity contribution < 1.29 is 0 Å². The first-order valence-corrected chi connectivity index (χ1v) is 15.6. The summed E-state index contributed by atoms with van der Waals surface area (Å²) in [5.74, 6) is 0. The van der Waals surface area contributed by atoms with Crippen LogP contribution < -0.4 is 5.32 Å². The van der Waals surface area contributed by atoms with Crippen molar-refractivity contribution in [3.05, 3.63) is 144 Å². The SMILES string of the molecule is CC1(C)c2ccccc2-c2ccc(Nc3ccc4c(c3)C(C)(C)c3c(-c5ccccc5)sc(-c5ccccc5)c3-4)cc21. The summed E-state index contributed by atoms with van der Waals surface area (Å²) in [6, 6.07) is 44.5. The van der Waals surface area contributed by atoms with Gasteiger partial charge in [0, 0.05) is 37.5 Å². The van der Waals surface area contributed by atoms with E-state index in [1.807, 2.05) is 11.3 Å². The molecule has 0 atom stereocenters. The van der Waals surface area contributed by atoms with Crippen LogP contribution in [0.3, 0.4) is 0 Å². The monoisotopic (exact) mass is 559 g/mol. The summed E-state index contributed by atoms with van der Waals surface area (Å²) in [4.78, 5) is 2.73. The van der Waals surface area contributed by atoms with Crippen molar-refractivity contribution in [2.75, 3.05) is 5.32 Å². The van der Waals surface area contributed by atoms with Crippen LogP contribution in [0.2, 0.25) is 0 Å². The molecule has 0 saturated carbocycles. The average molecular weight is 560 g/mol. The maximum atomic E-state index is 3.78. The topological polar surface area (TPSA) is 12.0 Å². The molecule has 1 nitrogen and oxygen atoms in total. The number of nitrogens with one attached hydrogen (secondary N) is 1. The Kier molecular flexibility index (Phi) is 5.45. The Bertz CT molecular complexity index is 1990. The highest BCUT2D eigenvalue weighted by atomic mass is 32.1. The molecule has 0 amide bonds. The second-order valence-corrected chi connectivity index (χ2v) is 13.7. The van der Waals surface area contributed by atoms with E-state index >= 15 is 0 Å². The normalized spacial score (nSPS) is 15.0. The van der Waals surface area contributed by atoms with Crippen molar-refractivity contribution in [3.63, 3.8) is 0 Å². The second kappa shape index (κ2) is 9.05. The summed E-state index contributed by atoms with van der Waals surface area (Å²) < 4.78 is 0. The molecule has 0 saturated heterocycles. The number of anilines is 2. The molecule has 1 heterocycles. The van der Waals surface area contributed by atoms with Crippen LogP contribution in [0.5, 0.6) is 0 Å². The third-order valence-electron chi connectivity index (χ3n) is 9.44. The first-order valence-electron chi connectivity index (χ1n) is 14.8. The van der Waals surface area contributed by atoms with Crippen molar-refractivity contribution in [2.24, 2.45) is 0 Å². The summed E-state index contributed by atoms with van der Waals surface area (Å²) in [5.41, 5.74) is 15.8. The number of thiophene rings is 1. The predicted octanol–water partition coefficient (Wildman–Crippen LogP) is 11.4. The van der Waals surface area contributed by atoms with Gasteiger partial charge in [-0.25, -0.2) is 0 Å². The molecule has 1 N–H and O–H groups in total. The smallest absolute Gasteiger partial charge is 0.0431 e. The van der Waals surface area contributed by atoms with Crippen LogP contribution in [0.4, 0.5) is 11.4 Å². The summed E-state index contributed by atoms with van der Waals surface area (Å²) in [6.07, 6.45) is 0. The van der Waals surface area contributed by atoms with Gasteiger partial charge in [0.25, 0.3) is 0 Å². The van der Waals surface area contributed by atoms with Gasteiger partial charge < -0.3 is 5.32 Å². The van der Waals surface area contributed by atoms with Crippen molar-refractivity contribution in [3.8, 4) is 43.1 Å². The lowest BCUT2D eigenvalue weighted by Gasteiger charge is -2.24. The fourth-order valence-corrected chi connectivity index (χ4v) is 8.80. The van der Waals surface area contributed by atoms with Crippen LogP contribution in [-0.4, -0.2) is 0 Å². The van der Waals surface area contributed by atoms with Gasteiger partial charge in [0.05, 0.1) is 0 Å². The van der Waals surface area contributed by atoms with Crippen LogP contribution in [0, 0.1) is 0 Å². The standard InChI is InChI=1S/C40H33NS/c1-39(2)32-18-12-11-17-29(32)30-21-19-27(23-33(30)39)41-28-20-22-31-34(24-28)40(3,4)36-35(31)37(25-13-7-5-8-14-25)42-38(36)26-15-9-6-10-16-26/h5-24,41H,1-4H3. The molecular weight excluding hydrogens is 527 g/mol. The van der Waals surface area contributed by atoms with Gasteiger partial charge in [0.1, 0.15) is 0 Å². The molecule has 2 aliphatic carbocycles. The zero-order valence-electron chi connectivity index (χ0n) is 24.5. The zero-order chi connectivity index (χ0) is 28.6. The lowest BCUT2D eigenvalue weighted by Crippen LogP contribution is -2.16. The molecule has 0 bridgehead atoms. The van der Waals surface area contributed by atoms with Gasteiger partial charge in [0.2, 0.25) is 0 Å². The van der Waals surface area contributed by atoms with Crippen molar-refractivity contribution in [2.45, 2.75) is 38.5 Å². The Balaban J connectivity index is 1.22. The first kappa shape index (κ1) is 25.3. The summed E-state index contributed by atoms with van der Waals surface area (Å²) in [6.45, 7) is 9.47. The highest BCUT2D eigenvalue weighted by Gasteiger charge is 2.41. The van der Waals surface area contributed by atoms with E-state index in [2.05, 4.69) is 154 Å². The predicted molar refractivity (Wildman–Crippen MR) is 180 cm³/mol. The number of hydrogen-bond acceptors (Lipinski definition) is 2. The maximum absolute atomic E-state index is 3.78. The quantitative estimate of drug-likeness (QED) is 0.226. The highest BCUT2D eigenvalue weighted by Crippen LogP contribution is 2.60. The van der Waals surface area contributed by atoms with E-state index in [9.17, 15) is 0 Å². The molecule has 0 spiro atoms. The molecule has 0 fully saturated rings. The summed E-state index contributed by atoms with van der Waals surface area (Å²) in [7, 11) is 0. The van der Waals surface area contributed by atoms with Gasteiger partial charge in [-0.15, -0.1) is 11.3 Å². The molecule has 6 aromatic rings. The van der Waals surface area contributed by atoms with Gasteiger partial charge >= 0.3 is 0 Å². The number of benzene rings is 5. The minimum Gasteiger partial charge on any atom is -0.356 e. The van der Waals surface area contributed by atoms with Crippen molar-refractivity contribution >= 4 is 22.7 Å². The zero-order valence-corrected chi connectivity index (χ0v) is 25.3. The van der Waals surface area contributed by atoms with Gasteiger partial charge in [-0.3, -0.25) is 0 Å². The molecule has 204 valence electrons.